The van der Waals surface area contributed by atoms with Crippen molar-refractivity contribution in [3.63, 3.8) is 0 Å². The molecule has 0 saturated heterocycles. The standard InChI is InChI=1S/C12H12N8/c1-12(2-3-12)6-4-14-5-7-8(6)9(13)16-10(15-7)11-17-19-20-18-11/h4-5H,2-3H2,1H3,(H2,13,15,16)(H,17,18,19,20). The van der Waals surface area contributed by atoms with E-state index < -0.39 is 0 Å². The maximum absolute atomic E-state index is 6.12. The molecule has 20 heavy (non-hydrogen) atoms. The van der Waals surface area contributed by atoms with Crippen molar-refractivity contribution in [2.45, 2.75) is 25.2 Å². The molecule has 1 aliphatic rings. The molecule has 4 rings (SSSR count). The minimum absolute atomic E-state index is 0.150. The number of fused-ring (bicyclic) bond motifs is 1. The van der Waals surface area contributed by atoms with E-state index in [0.29, 0.717) is 23.0 Å². The van der Waals surface area contributed by atoms with Crippen LogP contribution in [0.2, 0.25) is 0 Å². The van der Waals surface area contributed by atoms with Crippen molar-refractivity contribution in [2.75, 3.05) is 5.73 Å². The Labute approximate surface area is 113 Å². The van der Waals surface area contributed by atoms with Crippen LogP contribution in [-0.4, -0.2) is 35.6 Å². The largest absolute Gasteiger partial charge is 0.383 e. The zero-order valence-corrected chi connectivity index (χ0v) is 10.8. The zero-order chi connectivity index (χ0) is 13.7. The van der Waals surface area contributed by atoms with Crippen LogP contribution in [0.25, 0.3) is 22.6 Å². The van der Waals surface area contributed by atoms with Gasteiger partial charge in [0.25, 0.3) is 0 Å². The smallest absolute Gasteiger partial charge is 0.241 e. The number of nitrogens with zero attached hydrogens (tertiary/aromatic N) is 6. The lowest BCUT2D eigenvalue weighted by molar-refractivity contribution is 0.790. The van der Waals surface area contributed by atoms with Gasteiger partial charge in [-0.25, -0.2) is 9.97 Å². The first kappa shape index (κ1) is 11.2. The lowest BCUT2D eigenvalue weighted by Gasteiger charge is -2.13. The number of hydrogen-bond donors (Lipinski definition) is 2. The number of tetrazole rings is 1. The van der Waals surface area contributed by atoms with Gasteiger partial charge in [0.1, 0.15) is 5.82 Å². The first-order chi connectivity index (χ1) is 9.67. The molecule has 3 aromatic heterocycles. The average Bonchev–Trinajstić information content (AvgIpc) is 2.99. The molecular formula is C12H12N8. The predicted octanol–water partition coefficient (Wildman–Crippen LogP) is 0.839. The number of pyridine rings is 1. The van der Waals surface area contributed by atoms with Gasteiger partial charge in [0.05, 0.1) is 11.7 Å². The Kier molecular flexibility index (Phi) is 2.07. The first-order valence-electron chi connectivity index (χ1n) is 6.33. The lowest BCUT2D eigenvalue weighted by atomic mass is 9.96. The van der Waals surface area contributed by atoms with Crippen molar-refractivity contribution in [3.05, 3.63) is 18.0 Å². The molecule has 0 bridgehead atoms. The van der Waals surface area contributed by atoms with Crippen molar-refractivity contribution in [1.82, 2.24) is 35.6 Å². The molecule has 0 aromatic carbocycles. The second-order valence-electron chi connectivity index (χ2n) is 5.31. The minimum Gasteiger partial charge on any atom is -0.383 e. The molecular weight excluding hydrogens is 256 g/mol. The third kappa shape index (κ3) is 1.54. The quantitative estimate of drug-likeness (QED) is 0.706. The minimum atomic E-state index is 0.150. The number of aromatic amines is 1. The van der Waals surface area contributed by atoms with Gasteiger partial charge in [0.15, 0.2) is 0 Å². The van der Waals surface area contributed by atoms with Gasteiger partial charge in [-0.3, -0.25) is 4.98 Å². The Bertz CT molecular complexity index is 791. The molecule has 0 radical (unpaired) electrons. The van der Waals surface area contributed by atoms with E-state index in [1.807, 2.05) is 6.20 Å². The molecule has 0 aliphatic heterocycles. The van der Waals surface area contributed by atoms with Crippen LogP contribution in [0.5, 0.6) is 0 Å². The summed E-state index contributed by atoms with van der Waals surface area (Å²) in [6, 6.07) is 0. The van der Waals surface area contributed by atoms with Gasteiger partial charge >= 0.3 is 0 Å². The lowest BCUT2D eigenvalue weighted by Crippen LogP contribution is -2.07. The van der Waals surface area contributed by atoms with Gasteiger partial charge in [-0.1, -0.05) is 6.92 Å². The van der Waals surface area contributed by atoms with Crippen LogP contribution < -0.4 is 5.73 Å². The summed E-state index contributed by atoms with van der Waals surface area (Å²) >= 11 is 0. The number of nitrogen functional groups attached to an aromatic ring is 1. The number of nitrogens with two attached hydrogens (primary N) is 1. The molecule has 3 heterocycles. The predicted molar refractivity (Wildman–Crippen MR) is 71.5 cm³/mol. The summed E-state index contributed by atoms with van der Waals surface area (Å²) in [7, 11) is 0. The summed E-state index contributed by atoms with van der Waals surface area (Å²) in [5.74, 6) is 1.10. The average molecular weight is 268 g/mol. The summed E-state index contributed by atoms with van der Waals surface area (Å²) in [5.41, 5.74) is 8.10. The number of anilines is 1. The van der Waals surface area contributed by atoms with Crippen LogP contribution in [0.3, 0.4) is 0 Å². The molecule has 1 fully saturated rings. The molecule has 3 N–H and O–H groups in total. The summed E-state index contributed by atoms with van der Waals surface area (Å²) in [6.45, 7) is 2.20. The molecule has 1 aliphatic carbocycles. The summed E-state index contributed by atoms with van der Waals surface area (Å²) in [4.78, 5) is 13.0. The SMILES string of the molecule is CC1(c2cncc3nc(-c4nn[nH]n4)nc(N)c23)CC1. The van der Waals surface area contributed by atoms with Crippen LogP contribution in [0.1, 0.15) is 25.3 Å². The molecule has 8 heteroatoms. The summed E-state index contributed by atoms with van der Waals surface area (Å²) in [5, 5.41) is 14.5. The summed E-state index contributed by atoms with van der Waals surface area (Å²) < 4.78 is 0. The highest BCUT2D eigenvalue weighted by Gasteiger charge is 2.41. The maximum atomic E-state index is 6.12. The van der Waals surface area contributed by atoms with Crippen LogP contribution in [0.4, 0.5) is 5.82 Å². The number of hydrogen-bond acceptors (Lipinski definition) is 7. The van der Waals surface area contributed by atoms with Gasteiger partial charge in [0.2, 0.25) is 11.6 Å². The fraction of sp³-hybridized carbons (Fsp3) is 0.333. The van der Waals surface area contributed by atoms with E-state index in [9.17, 15) is 0 Å². The highest BCUT2D eigenvalue weighted by Crippen LogP contribution is 2.50. The molecule has 1 saturated carbocycles. The van der Waals surface area contributed by atoms with E-state index in [4.69, 9.17) is 5.73 Å². The highest BCUT2D eigenvalue weighted by molar-refractivity contribution is 5.92. The summed E-state index contributed by atoms with van der Waals surface area (Å²) in [6.07, 6.45) is 5.83. The Morgan fingerprint density at radius 1 is 1.20 bits per heavy atom. The Hall–Kier alpha value is -2.64. The third-order valence-corrected chi connectivity index (χ3v) is 3.83. The Morgan fingerprint density at radius 2 is 2.05 bits per heavy atom. The topological polar surface area (TPSA) is 119 Å². The van der Waals surface area contributed by atoms with E-state index in [0.717, 1.165) is 23.8 Å². The van der Waals surface area contributed by atoms with E-state index in [1.54, 1.807) is 6.20 Å². The first-order valence-corrected chi connectivity index (χ1v) is 6.33. The fourth-order valence-corrected chi connectivity index (χ4v) is 2.38. The molecule has 100 valence electrons. The number of H-pyrrole nitrogens is 1. The van der Waals surface area contributed by atoms with E-state index in [1.165, 1.54) is 0 Å². The molecule has 3 aromatic rings. The zero-order valence-electron chi connectivity index (χ0n) is 10.8. The van der Waals surface area contributed by atoms with E-state index >= 15 is 0 Å². The van der Waals surface area contributed by atoms with Crippen LogP contribution in [-0.2, 0) is 5.41 Å². The van der Waals surface area contributed by atoms with Gasteiger partial charge in [-0.05, 0) is 29.0 Å². The second kappa shape index (κ2) is 3.69. The third-order valence-electron chi connectivity index (χ3n) is 3.83. The van der Waals surface area contributed by atoms with Crippen LogP contribution in [0, 0.1) is 0 Å². The highest BCUT2D eigenvalue weighted by atomic mass is 15.5. The van der Waals surface area contributed by atoms with Crippen molar-refractivity contribution in [1.29, 1.82) is 0 Å². The van der Waals surface area contributed by atoms with Crippen molar-refractivity contribution in [2.24, 2.45) is 0 Å². The maximum Gasteiger partial charge on any atom is 0.241 e. The van der Waals surface area contributed by atoms with E-state index in [2.05, 4.69) is 42.5 Å². The second-order valence-corrected chi connectivity index (χ2v) is 5.31. The Balaban J connectivity index is 1.99. The van der Waals surface area contributed by atoms with E-state index in [-0.39, 0.29) is 5.41 Å². The van der Waals surface area contributed by atoms with Crippen molar-refractivity contribution in [3.8, 4) is 11.6 Å². The fourth-order valence-electron chi connectivity index (χ4n) is 2.38. The molecule has 0 atom stereocenters. The van der Waals surface area contributed by atoms with Crippen LogP contribution in [0.15, 0.2) is 12.4 Å². The number of aromatic nitrogens is 7. The monoisotopic (exact) mass is 268 g/mol. The van der Waals surface area contributed by atoms with Crippen molar-refractivity contribution < 1.29 is 0 Å². The van der Waals surface area contributed by atoms with Crippen LogP contribution >= 0.6 is 0 Å². The van der Waals surface area contributed by atoms with Crippen molar-refractivity contribution >= 4 is 16.7 Å². The normalized spacial score (nSPS) is 16.4. The Morgan fingerprint density at radius 3 is 2.75 bits per heavy atom. The molecule has 0 amide bonds. The molecule has 0 unspecified atom stereocenters. The molecule has 0 spiro atoms. The van der Waals surface area contributed by atoms with Gasteiger partial charge in [-0.2, -0.15) is 5.21 Å². The number of rotatable bonds is 2. The molecule has 8 nitrogen and oxygen atoms in total. The van der Waals surface area contributed by atoms with Gasteiger partial charge in [0, 0.05) is 11.6 Å². The van der Waals surface area contributed by atoms with Gasteiger partial charge in [-0.15, -0.1) is 10.2 Å². The number of nitrogens with one attached hydrogen (secondary N) is 1. The van der Waals surface area contributed by atoms with Gasteiger partial charge < -0.3 is 5.73 Å².